The molecule has 7 heteroatoms. The number of aromatic nitrogens is 3. The number of nitrogens with zero attached hydrogens (tertiary/aromatic N) is 3. The normalized spacial score (nSPS) is 11.0. The highest BCUT2D eigenvalue weighted by Gasteiger charge is 2.13. The topological polar surface area (TPSA) is 57.1 Å². The van der Waals surface area contributed by atoms with E-state index >= 15 is 0 Å². The Bertz CT molecular complexity index is 1130. The minimum atomic E-state index is 0.745. The third kappa shape index (κ3) is 3.81. The molecule has 0 saturated carbocycles. The molecule has 0 aliphatic rings. The van der Waals surface area contributed by atoms with Crippen LogP contribution in [0.25, 0.3) is 21.5 Å². The third-order valence-corrected chi connectivity index (χ3v) is 6.18. The standard InChI is InChI=1S/C21H19N3O2S2/c1-13-22-18-7-5-4-6-16(18)20(23-13)27-11-14-12-28-21(24-14)17-9-8-15(25-2)10-19(17)26-3/h4-10,12H,11H2,1-3H3. The minimum Gasteiger partial charge on any atom is -0.497 e. The number of rotatable bonds is 6. The lowest BCUT2D eigenvalue weighted by molar-refractivity contribution is 0.395. The van der Waals surface area contributed by atoms with E-state index in [0.717, 1.165) is 55.3 Å². The second-order valence-corrected chi connectivity index (χ2v) is 7.91. The van der Waals surface area contributed by atoms with Crippen LogP contribution < -0.4 is 9.47 Å². The zero-order chi connectivity index (χ0) is 19.5. The molecule has 0 atom stereocenters. The number of benzene rings is 2. The van der Waals surface area contributed by atoms with Gasteiger partial charge in [0.1, 0.15) is 27.4 Å². The van der Waals surface area contributed by atoms with Crippen LogP contribution in [0.3, 0.4) is 0 Å². The molecule has 0 spiro atoms. The molecule has 2 heterocycles. The van der Waals surface area contributed by atoms with Gasteiger partial charge < -0.3 is 9.47 Å². The van der Waals surface area contributed by atoms with Gasteiger partial charge in [-0.05, 0) is 25.1 Å². The van der Waals surface area contributed by atoms with E-state index in [1.807, 2.05) is 43.3 Å². The number of fused-ring (bicyclic) bond motifs is 1. The molecule has 0 aliphatic heterocycles. The molecular weight excluding hydrogens is 390 g/mol. The van der Waals surface area contributed by atoms with Crippen LogP contribution in [-0.2, 0) is 5.75 Å². The molecule has 0 N–H and O–H groups in total. The van der Waals surface area contributed by atoms with E-state index in [9.17, 15) is 0 Å². The van der Waals surface area contributed by atoms with Crippen molar-refractivity contribution in [2.24, 2.45) is 0 Å². The largest absolute Gasteiger partial charge is 0.497 e. The molecule has 0 unspecified atom stereocenters. The maximum absolute atomic E-state index is 5.51. The number of thioether (sulfide) groups is 1. The van der Waals surface area contributed by atoms with Crippen molar-refractivity contribution in [2.75, 3.05) is 14.2 Å². The van der Waals surface area contributed by atoms with Gasteiger partial charge in [-0.25, -0.2) is 15.0 Å². The van der Waals surface area contributed by atoms with Gasteiger partial charge in [0, 0.05) is 22.6 Å². The molecule has 0 fully saturated rings. The minimum absolute atomic E-state index is 0.745. The second kappa shape index (κ2) is 8.16. The molecule has 4 aromatic rings. The van der Waals surface area contributed by atoms with Crippen LogP contribution in [0.5, 0.6) is 11.5 Å². The van der Waals surface area contributed by atoms with Crippen LogP contribution in [0.4, 0.5) is 0 Å². The summed E-state index contributed by atoms with van der Waals surface area (Å²) >= 11 is 3.29. The number of para-hydroxylation sites is 1. The molecule has 28 heavy (non-hydrogen) atoms. The number of ether oxygens (including phenoxy) is 2. The first-order valence-electron chi connectivity index (χ1n) is 8.71. The van der Waals surface area contributed by atoms with Gasteiger partial charge in [0.2, 0.25) is 0 Å². The summed E-state index contributed by atoms with van der Waals surface area (Å²) in [5.74, 6) is 3.04. The molecule has 2 aromatic heterocycles. The summed E-state index contributed by atoms with van der Waals surface area (Å²) in [6.45, 7) is 1.92. The number of hydrogen-bond donors (Lipinski definition) is 0. The summed E-state index contributed by atoms with van der Waals surface area (Å²) in [5, 5.41) is 5.08. The number of methoxy groups -OCH3 is 2. The average molecular weight is 410 g/mol. The molecular formula is C21H19N3O2S2. The summed E-state index contributed by atoms with van der Waals surface area (Å²) in [6.07, 6.45) is 0. The van der Waals surface area contributed by atoms with Crippen molar-refractivity contribution in [3.63, 3.8) is 0 Å². The smallest absolute Gasteiger partial charge is 0.132 e. The van der Waals surface area contributed by atoms with Gasteiger partial charge in [0.05, 0.1) is 31.0 Å². The number of thiazole rings is 1. The SMILES string of the molecule is COc1ccc(-c2nc(CSc3nc(C)nc4ccccc34)cs2)c(OC)c1. The zero-order valence-corrected chi connectivity index (χ0v) is 17.4. The van der Waals surface area contributed by atoms with Crippen LogP contribution in [0.15, 0.2) is 52.9 Å². The monoisotopic (exact) mass is 409 g/mol. The lowest BCUT2D eigenvalue weighted by Crippen LogP contribution is -1.93. The summed E-state index contributed by atoms with van der Waals surface area (Å²) in [6, 6.07) is 13.9. The Kier molecular flexibility index (Phi) is 5.45. The van der Waals surface area contributed by atoms with Crippen LogP contribution >= 0.6 is 23.1 Å². The third-order valence-electron chi connectivity index (χ3n) is 4.23. The maximum atomic E-state index is 5.51. The lowest BCUT2D eigenvalue weighted by atomic mass is 10.2. The Balaban J connectivity index is 1.57. The number of aryl methyl sites for hydroxylation is 1. The summed E-state index contributed by atoms with van der Waals surface area (Å²) in [7, 11) is 3.30. The van der Waals surface area contributed by atoms with Crippen LogP contribution in [-0.4, -0.2) is 29.2 Å². The van der Waals surface area contributed by atoms with Crippen molar-refractivity contribution in [2.45, 2.75) is 17.7 Å². The molecule has 0 amide bonds. The van der Waals surface area contributed by atoms with Gasteiger partial charge in [-0.2, -0.15) is 0 Å². The van der Waals surface area contributed by atoms with Crippen molar-refractivity contribution < 1.29 is 9.47 Å². The predicted octanol–water partition coefficient (Wildman–Crippen LogP) is 5.37. The molecule has 4 rings (SSSR count). The highest BCUT2D eigenvalue weighted by molar-refractivity contribution is 7.98. The Hall–Kier alpha value is -2.64. The first-order valence-corrected chi connectivity index (χ1v) is 10.6. The summed E-state index contributed by atoms with van der Waals surface area (Å²) < 4.78 is 10.8. The van der Waals surface area contributed by atoms with E-state index in [0.29, 0.717) is 0 Å². The van der Waals surface area contributed by atoms with Crippen molar-refractivity contribution in [1.29, 1.82) is 0 Å². The molecule has 0 saturated heterocycles. The fourth-order valence-electron chi connectivity index (χ4n) is 2.88. The van der Waals surface area contributed by atoms with E-state index in [1.165, 1.54) is 0 Å². The van der Waals surface area contributed by atoms with E-state index in [2.05, 4.69) is 21.4 Å². The Morgan fingerprint density at radius 2 is 1.86 bits per heavy atom. The lowest BCUT2D eigenvalue weighted by Gasteiger charge is -2.08. The van der Waals surface area contributed by atoms with Gasteiger partial charge in [-0.1, -0.05) is 30.0 Å². The van der Waals surface area contributed by atoms with Crippen LogP contribution in [0.2, 0.25) is 0 Å². The molecule has 0 radical (unpaired) electrons. The second-order valence-electron chi connectivity index (χ2n) is 6.09. The van der Waals surface area contributed by atoms with Crippen LogP contribution in [0, 0.1) is 6.92 Å². The molecule has 5 nitrogen and oxygen atoms in total. The first-order chi connectivity index (χ1) is 13.7. The molecule has 142 valence electrons. The quantitative estimate of drug-likeness (QED) is 0.315. The van der Waals surface area contributed by atoms with Gasteiger partial charge in [0.25, 0.3) is 0 Å². The fraction of sp³-hybridized carbons (Fsp3) is 0.190. The van der Waals surface area contributed by atoms with Crippen molar-refractivity contribution >= 4 is 34.0 Å². The van der Waals surface area contributed by atoms with Gasteiger partial charge in [-0.15, -0.1) is 11.3 Å². The van der Waals surface area contributed by atoms with Crippen molar-refractivity contribution in [3.05, 3.63) is 59.4 Å². The average Bonchev–Trinajstić information content (AvgIpc) is 3.20. The summed E-state index contributed by atoms with van der Waals surface area (Å²) in [5.41, 5.74) is 2.95. The first kappa shape index (κ1) is 18.7. The van der Waals surface area contributed by atoms with E-state index < -0.39 is 0 Å². The van der Waals surface area contributed by atoms with E-state index in [-0.39, 0.29) is 0 Å². The Morgan fingerprint density at radius 1 is 1.00 bits per heavy atom. The highest BCUT2D eigenvalue weighted by atomic mass is 32.2. The Labute approximate surface area is 171 Å². The number of hydrogen-bond acceptors (Lipinski definition) is 7. The fourth-order valence-corrected chi connectivity index (χ4v) is 4.80. The van der Waals surface area contributed by atoms with Gasteiger partial charge >= 0.3 is 0 Å². The maximum Gasteiger partial charge on any atom is 0.132 e. The molecule has 2 aromatic carbocycles. The molecule has 0 aliphatic carbocycles. The van der Waals surface area contributed by atoms with Crippen LogP contribution in [0.1, 0.15) is 11.5 Å². The van der Waals surface area contributed by atoms with E-state index in [1.54, 1.807) is 37.3 Å². The van der Waals surface area contributed by atoms with Gasteiger partial charge in [-0.3, -0.25) is 0 Å². The summed E-state index contributed by atoms with van der Waals surface area (Å²) in [4.78, 5) is 13.9. The van der Waals surface area contributed by atoms with Gasteiger partial charge in [0.15, 0.2) is 0 Å². The zero-order valence-electron chi connectivity index (χ0n) is 15.8. The van der Waals surface area contributed by atoms with Crippen molar-refractivity contribution in [1.82, 2.24) is 15.0 Å². The van der Waals surface area contributed by atoms with Crippen molar-refractivity contribution in [3.8, 4) is 22.1 Å². The predicted molar refractivity (Wildman–Crippen MR) is 114 cm³/mol. The Morgan fingerprint density at radius 3 is 2.68 bits per heavy atom. The molecule has 0 bridgehead atoms. The van der Waals surface area contributed by atoms with E-state index in [4.69, 9.17) is 14.5 Å². The highest BCUT2D eigenvalue weighted by Crippen LogP contribution is 2.36.